The molecule has 0 saturated carbocycles. The lowest BCUT2D eigenvalue weighted by Gasteiger charge is -2.37. The van der Waals surface area contributed by atoms with Crippen molar-refractivity contribution in [1.29, 1.82) is 0 Å². The van der Waals surface area contributed by atoms with Gasteiger partial charge in [-0.15, -0.1) is 0 Å². The van der Waals surface area contributed by atoms with Crippen LogP contribution in [-0.4, -0.2) is 47.7 Å². The average molecular weight is 278 g/mol. The van der Waals surface area contributed by atoms with Gasteiger partial charge in [-0.25, -0.2) is 0 Å². The van der Waals surface area contributed by atoms with Crippen molar-refractivity contribution in [3.63, 3.8) is 0 Å². The molecular weight excluding hydrogens is 256 g/mol. The molecule has 2 rings (SSSR count). The molecule has 0 aromatic heterocycles. The zero-order chi connectivity index (χ0) is 14.8. The molecule has 0 spiro atoms. The summed E-state index contributed by atoms with van der Waals surface area (Å²) >= 11 is 0. The molecule has 5 nitrogen and oxygen atoms in total. The maximum Gasteiger partial charge on any atom is 0.255 e. The van der Waals surface area contributed by atoms with Crippen LogP contribution in [0.15, 0.2) is 18.2 Å². The van der Waals surface area contributed by atoms with Crippen molar-refractivity contribution < 1.29 is 15.0 Å². The Kier molecular flexibility index (Phi) is 4.18. The number of phenols is 2. The highest BCUT2D eigenvalue weighted by Gasteiger charge is 2.29. The minimum Gasteiger partial charge on any atom is -0.504 e. The van der Waals surface area contributed by atoms with Crippen molar-refractivity contribution in [1.82, 2.24) is 10.2 Å². The molecule has 0 aliphatic carbocycles. The van der Waals surface area contributed by atoms with Crippen LogP contribution in [0.3, 0.4) is 0 Å². The fourth-order valence-corrected chi connectivity index (χ4v) is 2.44. The van der Waals surface area contributed by atoms with Crippen molar-refractivity contribution in [2.24, 2.45) is 5.41 Å². The molecule has 110 valence electrons. The highest BCUT2D eigenvalue weighted by atomic mass is 16.3. The summed E-state index contributed by atoms with van der Waals surface area (Å²) in [6, 6.07) is 4.40. The number of benzene rings is 1. The van der Waals surface area contributed by atoms with Gasteiger partial charge in [0.1, 0.15) is 0 Å². The van der Waals surface area contributed by atoms with Crippen LogP contribution in [0.1, 0.15) is 30.1 Å². The van der Waals surface area contributed by atoms with E-state index in [4.69, 9.17) is 0 Å². The van der Waals surface area contributed by atoms with Gasteiger partial charge in [-0.3, -0.25) is 4.79 Å². The number of likely N-dealkylation sites (tertiary alicyclic amines) is 1. The summed E-state index contributed by atoms with van der Waals surface area (Å²) < 4.78 is 0. The largest absolute Gasteiger partial charge is 0.504 e. The van der Waals surface area contributed by atoms with E-state index in [0.29, 0.717) is 6.54 Å². The molecular formula is C15H22N2O3. The second-order valence-corrected chi connectivity index (χ2v) is 5.97. The molecule has 0 bridgehead atoms. The van der Waals surface area contributed by atoms with Crippen LogP contribution < -0.4 is 5.32 Å². The third kappa shape index (κ3) is 3.22. The molecule has 1 aliphatic heterocycles. The number of piperidine rings is 1. The van der Waals surface area contributed by atoms with Crippen LogP contribution in [-0.2, 0) is 0 Å². The summed E-state index contributed by atoms with van der Waals surface area (Å²) in [7, 11) is 2.10. The van der Waals surface area contributed by atoms with E-state index >= 15 is 0 Å². The maximum atomic E-state index is 12.1. The molecule has 0 radical (unpaired) electrons. The Bertz CT molecular complexity index is 494. The van der Waals surface area contributed by atoms with Crippen LogP contribution >= 0.6 is 0 Å². The Morgan fingerprint density at radius 2 is 2.00 bits per heavy atom. The van der Waals surface area contributed by atoms with Gasteiger partial charge in [0.05, 0.1) is 5.56 Å². The van der Waals surface area contributed by atoms with E-state index in [0.717, 1.165) is 25.9 Å². The fraction of sp³-hybridized carbons (Fsp3) is 0.533. The predicted octanol–water partition coefficient (Wildman–Crippen LogP) is 1.56. The summed E-state index contributed by atoms with van der Waals surface area (Å²) in [5, 5.41) is 22.0. The van der Waals surface area contributed by atoms with Gasteiger partial charge >= 0.3 is 0 Å². The van der Waals surface area contributed by atoms with Crippen molar-refractivity contribution in [2.45, 2.75) is 19.8 Å². The first-order valence-corrected chi connectivity index (χ1v) is 6.89. The first-order chi connectivity index (χ1) is 9.41. The number of hydrogen-bond donors (Lipinski definition) is 3. The Morgan fingerprint density at radius 1 is 1.35 bits per heavy atom. The molecule has 1 aromatic carbocycles. The number of nitrogens with one attached hydrogen (secondary N) is 1. The number of rotatable bonds is 3. The van der Waals surface area contributed by atoms with E-state index < -0.39 is 0 Å². The summed E-state index contributed by atoms with van der Waals surface area (Å²) in [6.07, 6.45) is 2.08. The first kappa shape index (κ1) is 14.7. The summed E-state index contributed by atoms with van der Waals surface area (Å²) in [4.78, 5) is 14.4. The zero-order valence-electron chi connectivity index (χ0n) is 12.0. The van der Waals surface area contributed by atoms with Crippen LogP contribution in [0.25, 0.3) is 0 Å². The molecule has 0 unspecified atom stereocenters. The Labute approximate surface area is 119 Å². The van der Waals surface area contributed by atoms with Gasteiger partial charge in [-0.1, -0.05) is 13.0 Å². The third-order valence-electron chi connectivity index (χ3n) is 4.13. The van der Waals surface area contributed by atoms with E-state index in [1.54, 1.807) is 6.07 Å². The quantitative estimate of drug-likeness (QED) is 0.734. The van der Waals surface area contributed by atoms with Gasteiger partial charge in [0.15, 0.2) is 11.5 Å². The van der Waals surface area contributed by atoms with E-state index in [-0.39, 0.29) is 28.4 Å². The van der Waals surface area contributed by atoms with E-state index in [2.05, 4.69) is 24.2 Å². The van der Waals surface area contributed by atoms with Crippen molar-refractivity contribution >= 4 is 5.91 Å². The van der Waals surface area contributed by atoms with E-state index in [1.165, 1.54) is 12.1 Å². The number of carbonyl (C=O) groups excluding carboxylic acids is 1. The smallest absolute Gasteiger partial charge is 0.255 e. The molecule has 3 N–H and O–H groups in total. The molecule has 1 fully saturated rings. The molecule has 1 aliphatic rings. The van der Waals surface area contributed by atoms with Crippen LogP contribution in [0.4, 0.5) is 0 Å². The molecule has 5 heteroatoms. The van der Waals surface area contributed by atoms with Crippen molar-refractivity contribution in [3.05, 3.63) is 23.8 Å². The molecule has 1 heterocycles. The zero-order valence-corrected chi connectivity index (χ0v) is 12.0. The first-order valence-electron chi connectivity index (χ1n) is 6.89. The monoisotopic (exact) mass is 278 g/mol. The lowest BCUT2D eigenvalue weighted by atomic mass is 9.80. The van der Waals surface area contributed by atoms with Gasteiger partial charge in [0, 0.05) is 6.54 Å². The Balaban J connectivity index is 1.97. The third-order valence-corrected chi connectivity index (χ3v) is 4.13. The molecule has 1 amide bonds. The van der Waals surface area contributed by atoms with Crippen molar-refractivity contribution in [3.8, 4) is 11.5 Å². The minimum atomic E-state index is -0.362. The van der Waals surface area contributed by atoms with Gasteiger partial charge in [-0.2, -0.15) is 0 Å². The lowest BCUT2D eigenvalue weighted by molar-refractivity contribution is 0.0888. The van der Waals surface area contributed by atoms with E-state index in [9.17, 15) is 15.0 Å². The molecule has 1 saturated heterocycles. The number of phenolic OH excluding ortho intramolecular Hbond substituents is 2. The molecule has 20 heavy (non-hydrogen) atoms. The summed E-state index contributed by atoms with van der Waals surface area (Å²) in [5.41, 5.74) is 0.204. The number of nitrogens with zero attached hydrogens (tertiary/aromatic N) is 1. The SMILES string of the molecule is CN1CCC(C)(CNC(=O)c2cccc(O)c2O)CC1. The number of amides is 1. The van der Waals surface area contributed by atoms with Gasteiger partial charge in [-0.05, 0) is 50.5 Å². The average Bonchev–Trinajstić information content (AvgIpc) is 2.43. The van der Waals surface area contributed by atoms with Crippen LogP contribution in [0.5, 0.6) is 11.5 Å². The highest BCUT2D eigenvalue weighted by Crippen LogP contribution is 2.31. The standard InChI is InChI=1S/C15H22N2O3/c1-15(6-8-17(2)9-7-15)10-16-14(20)11-4-3-5-12(18)13(11)19/h3-5,18-19H,6-10H2,1-2H3,(H,16,20). The predicted molar refractivity (Wildman–Crippen MR) is 76.9 cm³/mol. The molecule has 0 atom stereocenters. The second-order valence-electron chi connectivity index (χ2n) is 5.97. The number of carbonyl (C=O) groups is 1. The Hall–Kier alpha value is -1.75. The maximum absolute atomic E-state index is 12.1. The van der Waals surface area contributed by atoms with Gasteiger partial charge in [0.25, 0.3) is 5.91 Å². The highest BCUT2D eigenvalue weighted by molar-refractivity contribution is 5.97. The number of hydrogen-bond acceptors (Lipinski definition) is 4. The van der Waals surface area contributed by atoms with Gasteiger partial charge in [0.2, 0.25) is 0 Å². The van der Waals surface area contributed by atoms with Gasteiger partial charge < -0.3 is 20.4 Å². The van der Waals surface area contributed by atoms with Crippen LogP contribution in [0, 0.1) is 5.41 Å². The second kappa shape index (κ2) is 5.71. The van der Waals surface area contributed by atoms with Crippen LogP contribution in [0.2, 0.25) is 0 Å². The topological polar surface area (TPSA) is 72.8 Å². The van der Waals surface area contributed by atoms with Crippen molar-refractivity contribution in [2.75, 3.05) is 26.7 Å². The van der Waals surface area contributed by atoms with E-state index in [1.807, 2.05) is 0 Å². The minimum absolute atomic E-state index is 0.0919. The normalized spacial score (nSPS) is 18.7. The lowest BCUT2D eigenvalue weighted by Crippen LogP contribution is -2.43. The summed E-state index contributed by atoms with van der Waals surface area (Å²) in [5.74, 6) is -0.986. The summed E-state index contributed by atoms with van der Waals surface area (Å²) in [6.45, 7) is 4.81. The Morgan fingerprint density at radius 3 is 2.65 bits per heavy atom. The molecule has 1 aromatic rings. The number of para-hydroxylation sites is 1. The number of aromatic hydroxyl groups is 2. The fourth-order valence-electron chi connectivity index (χ4n) is 2.44.